The summed E-state index contributed by atoms with van der Waals surface area (Å²) in [6, 6.07) is 13.1. The summed E-state index contributed by atoms with van der Waals surface area (Å²) in [5.41, 5.74) is 2.87. The molecule has 2 atom stereocenters. The van der Waals surface area contributed by atoms with Gasteiger partial charge in [-0.2, -0.15) is 5.10 Å². The molecule has 39 heavy (non-hydrogen) atoms. The van der Waals surface area contributed by atoms with Gasteiger partial charge < -0.3 is 26.0 Å². The molecule has 0 saturated carbocycles. The van der Waals surface area contributed by atoms with Crippen molar-refractivity contribution >= 4 is 40.8 Å². The molecule has 0 spiro atoms. The molecule has 12 heteroatoms. The summed E-state index contributed by atoms with van der Waals surface area (Å²) in [4.78, 5) is 54.3. The third kappa shape index (κ3) is 5.35. The van der Waals surface area contributed by atoms with Crippen LogP contribution >= 0.6 is 0 Å². The van der Waals surface area contributed by atoms with Gasteiger partial charge in [-0.25, -0.2) is 9.67 Å². The van der Waals surface area contributed by atoms with Crippen molar-refractivity contribution < 1.29 is 23.9 Å². The number of hydrogen-bond donors (Lipinski definition) is 4. The smallest absolute Gasteiger partial charge is 0.266 e. The van der Waals surface area contributed by atoms with Crippen molar-refractivity contribution in [3.05, 3.63) is 71.4 Å². The average Bonchev–Trinajstić information content (AvgIpc) is 3.42. The highest BCUT2D eigenvalue weighted by Crippen LogP contribution is 2.32. The Morgan fingerprint density at radius 3 is 2.54 bits per heavy atom. The predicted molar refractivity (Wildman–Crippen MR) is 142 cm³/mol. The fourth-order valence-electron chi connectivity index (χ4n) is 4.52. The van der Waals surface area contributed by atoms with Crippen LogP contribution in [0.15, 0.2) is 59.7 Å². The van der Waals surface area contributed by atoms with Gasteiger partial charge in [0.15, 0.2) is 12.4 Å². The summed E-state index contributed by atoms with van der Waals surface area (Å²) in [5, 5.41) is 15.3. The zero-order chi connectivity index (χ0) is 27.5. The minimum Gasteiger partial charge on any atom is -0.482 e. The largest absolute Gasteiger partial charge is 0.482 e. The molecule has 2 unspecified atom stereocenters. The quantitative estimate of drug-likeness (QED) is 0.363. The highest BCUT2D eigenvalue weighted by molar-refractivity contribution is 6.40. The number of aromatic nitrogens is 2. The molecule has 0 saturated heterocycles. The van der Waals surface area contributed by atoms with E-state index in [-0.39, 0.29) is 43.1 Å². The first kappa shape index (κ1) is 25.6. The number of aliphatic imine (C=N–C) groups is 1. The zero-order valence-electron chi connectivity index (χ0n) is 21.4. The Morgan fingerprint density at radius 2 is 1.77 bits per heavy atom. The van der Waals surface area contributed by atoms with E-state index < -0.39 is 17.9 Å². The fraction of sp³-hybridized carbons (Fsp3) is 0.259. The molecular formula is C27H27N7O5. The number of ether oxygens (including phenoxy) is 1. The van der Waals surface area contributed by atoms with Crippen LogP contribution in [-0.4, -0.2) is 52.8 Å². The molecule has 0 fully saturated rings. The van der Waals surface area contributed by atoms with E-state index in [2.05, 4.69) is 31.4 Å². The second kappa shape index (κ2) is 10.8. The summed E-state index contributed by atoms with van der Waals surface area (Å²) in [7, 11) is 1.56. The van der Waals surface area contributed by atoms with Gasteiger partial charge in [0.25, 0.3) is 17.7 Å². The second-order valence-electron chi connectivity index (χ2n) is 9.21. The number of nitrogens with one attached hydrogen (secondary N) is 4. The molecule has 0 aliphatic carbocycles. The molecule has 12 nitrogen and oxygen atoms in total. The molecule has 5 rings (SSSR count). The van der Waals surface area contributed by atoms with Gasteiger partial charge in [-0.3, -0.25) is 19.2 Å². The third-order valence-corrected chi connectivity index (χ3v) is 6.59. The number of amides is 4. The summed E-state index contributed by atoms with van der Waals surface area (Å²) in [6.45, 7) is 2.16. The molecular weight excluding hydrogens is 502 g/mol. The predicted octanol–water partition coefficient (Wildman–Crippen LogP) is 1.47. The van der Waals surface area contributed by atoms with Gasteiger partial charge in [-0.15, -0.1) is 0 Å². The Labute approximate surface area is 223 Å². The molecule has 4 N–H and O–H groups in total. The third-order valence-electron chi connectivity index (χ3n) is 6.59. The maximum Gasteiger partial charge on any atom is 0.266 e. The van der Waals surface area contributed by atoms with E-state index >= 15 is 0 Å². The van der Waals surface area contributed by atoms with Crippen molar-refractivity contribution in [2.24, 2.45) is 10.9 Å². The van der Waals surface area contributed by atoms with Gasteiger partial charge >= 0.3 is 0 Å². The maximum atomic E-state index is 13.3. The Hall–Kier alpha value is -5.00. The lowest BCUT2D eigenvalue weighted by Gasteiger charge is -2.29. The van der Waals surface area contributed by atoms with Crippen LogP contribution in [0.25, 0.3) is 0 Å². The van der Waals surface area contributed by atoms with E-state index in [1.54, 1.807) is 62.5 Å². The SMILES string of the molecule is CNC(=O)c1ccc(CNC(=O)C2C(C)C(C(=O)NCc3ccc4c(c3)NC(=O)CO4)=Nc3ccnn32)cc1. The molecule has 2 aromatic carbocycles. The lowest BCUT2D eigenvalue weighted by molar-refractivity contribution is -0.125. The monoisotopic (exact) mass is 529 g/mol. The summed E-state index contributed by atoms with van der Waals surface area (Å²) in [6.07, 6.45) is 1.54. The van der Waals surface area contributed by atoms with Gasteiger partial charge in [0, 0.05) is 37.7 Å². The Bertz CT molecular complexity index is 1480. The molecule has 3 aromatic rings. The summed E-state index contributed by atoms with van der Waals surface area (Å²) >= 11 is 0. The Balaban J connectivity index is 1.25. The highest BCUT2D eigenvalue weighted by atomic mass is 16.5. The zero-order valence-corrected chi connectivity index (χ0v) is 21.4. The molecule has 0 radical (unpaired) electrons. The van der Waals surface area contributed by atoms with Gasteiger partial charge in [-0.1, -0.05) is 25.1 Å². The second-order valence-corrected chi connectivity index (χ2v) is 9.21. The van der Waals surface area contributed by atoms with Crippen LogP contribution in [-0.2, 0) is 27.5 Å². The van der Waals surface area contributed by atoms with Crippen LogP contribution in [0.1, 0.15) is 34.5 Å². The van der Waals surface area contributed by atoms with E-state index in [0.29, 0.717) is 22.8 Å². The number of carbonyl (C=O) groups excluding carboxylic acids is 4. The Kier molecular flexibility index (Phi) is 7.08. The van der Waals surface area contributed by atoms with Crippen LogP contribution in [0, 0.1) is 5.92 Å². The molecule has 1 aromatic heterocycles. The number of benzene rings is 2. The first-order chi connectivity index (χ1) is 18.8. The molecule has 0 bridgehead atoms. The average molecular weight is 530 g/mol. The van der Waals surface area contributed by atoms with E-state index in [9.17, 15) is 19.2 Å². The number of fused-ring (bicyclic) bond motifs is 2. The maximum absolute atomic E-state index is 13.3. The fourth-order valence-corrected chi connectivity index (χ4v) is 4.52. The van der Waals surface area contributed by atoms with Gasteiger partial charge in [-0.05, 0) is 35.4 Å². The number of carbonyl (C=O) groups is 4. The van der Waals surface area contributed by atoms with E-state index in [0.717, 1.165) is 11.1 Å². The minimum atomic E-state index is -0.783. The van der Waals surface area contributed by atoms with Crippen molar-refractivity contribution in [3.63, 3.8) is 0 Å². The van der Waals surface area contributed by atoms with E-state index in [1.165, 1.54) is 10.9 Å². The van der Waals surface area contributed by atoms with Crippen LogP contribution in [0.5, 0.6) is 5.75 Å². The highest BCUT2D eigenvalue weighted by Gasteiger charge is 2.38. The number of rotatable bonds is 7. The van der Waals surface area contributed by atoms with Crippen molar-refractivity contribution in [1.82, 2.24) is 25.7 Å². The number of anilines is 1. The Morgan fingerprint density at radius 1 is 1.03 bits per heavy atom. The van der Waals surface area contributed by atoms with Crippen LogP contribution in [0.3, 0.4) is 0 Å². The van der Waals surface area contributed by atoms with Crippen molar-refractivity contribution in [2.75, 3.05) is 19.0 Å². The van der Waals surface area contributed by atoms with Crippen molar-refractivity contribution in [1.29, 1.82) is 0 Å². The normalized spacial score (nSPS) is 17.5. The number of hydrogen-bond acceptors (Lipinski definition) is 7. The molecule has 200 valence electrons. The summed E-state index contributed by atoms with van der Waals surface area (Å²) < 4.78 is 6.88. The standard InChI is InChI=1S/C27H27N7O5/c1-15-23(26(37)29-13-17-5-8-20-19(11-17)32-22(35)14-39-20)33-21-9-10-31-34(21)24(15)27(38)30-12-16-3-6-18(7-4-16)25(36)28-2/h3-11,15,24H,12-14H2,1-2H3,(H,28,36)(H,29,37)(H,30,38)(H,32,35). The van der Waals surface area contributed by atoms with Crippen molar-refractivity contribution in [3.8, 4) is 5.75 Å². The minimum absolute atomic E-state index is 0.0317. The number of nitrogens with zero attached hydrogens (tertiary/aromatic N) is 3. The van der Waals surface area contributed by atoms with Crippen LogP contribution in [0.4, 0.5) is 11.5 Å². The first-order valence-corrected chi connectivity index (χ1v) is 12.4. The van der Waals surface area contributed by atoms with E-state index in [1.807, 2.05) is 0 Å². The van der Waals surface area contributed by atoms with Gasteiger partial charge in [0.2, 0.25) is 5.91 Å². The molecule has 3 heterocycles. The lowest BCUT2D eigenvalue weighted by atomic mass is 9.93. The lowest BCUT2D eigenvalue weighted by Crippen LogP contribution is -2.45. The van der Waals surface area contributed by atoms with E-state index in [4.69, 9.17) is 4.74 Å². The van der Waals surface area contributed by atoms with Gasteiger partial charge in [0.1, 0.15) is 17.5 Å². The van der Waals surface area contributed by atoms with Gasteiger partial charge in [0.05, 0.1) is 11.9 Å². The summed E-state index contributed by atoms with van der Waals surface area (Å²) in [5.74, 6) is -0.740. The first-order valence-electron chi connectivity index (χ1n) is 12.4. The van der Waals surface area contributed by atoms with Crippen LogP contribution in [0.2, 0.25) is 0 Å². The molecule has 2 aliphatic heterocycles. The molecule has 4 amide bonds. The van der Waals surface area contributed by atoms with Crippen LogP contribution < -0.4 is 26.0 Å². The topological polar surface area (TPSA) is 156 Å². The molecule has 2 aliphatic rings. The van der Waals surface area contributed by atoms with Crippen molar-refractivity contribution in [2.45, 2.75) is 26.1 Å².